The van der Waals surface area contributed by atoms with E-state index in [1.807, 2.05) is 47.2 Å². The Kier molecular flexibility index (Phi) is 4.32. The molecular formula is C17H24N4O. The third-order valence-electron chi connectivity index (χ3n) is 4.46. The maximum Gasteiger partial charge on any atom is 0.224 e. The van der Waals surface area contributed by atoms with Gasteiger partial charge in [-0.3, -0.25) is 9.48 Å². The number of carbonyl (C=O) groups excluding carboxylic acids is 1. The molecule has 0 radical (unpaired) electrons. The molecule has 0 saturated carbocycles. The lowest BCUT2D eigenvalue weighted by atomic mass is 10.0. The molecule has 22 heavy (non-hydrogen) atoms. The summed E-state index contributed by atoms with van der Waals surface area (Å²) in [7, 11) is 0. The number of rotatable bonds is 4. The molecule has 118 valence electrons. The summed E-state index contributed by atoms with van der Waals surface area (Å²) in [6, 6.07) is 4.51. The van der Waals surface area contributed by atoms with Crippen LogP contribution in [0, 0.1) is 6.92 Å². The Bertz CT molecular complexity index is 616. The lowest BCUT2D eigenvalue weighted by molar-refractivity contribution is -0.133. The molecule has 0 aromatic carbocycles. The minimum atomic E-state index is 0.204. The van der Waals surface area contributed by atoms with Crippen molar-refractivity contribution in [3.05, 3.63) is 42.5 Å². The highest BCUT2D eigenvalue weighted by Crippen LogP contribution is 2.23. The van der Waals surface area contributed by atoms with Gasteiger partial charge in [0.15, 0.2) is 0 Å². The van der Waals surface area contributed by atoms with Crippen molar-refractivity contribution in [3.63, 3.8) is 0 Å². The van der Waals surface area contributed by atoms with E-state index in [0.29, 0.717) is 12.5 Å². The zero-order chi connectivity index (χ0) is 15.5. The Hall–Kier alpha value is -2.04. The zero-order valence-electron chi connectivity index (χ0n) is 13.4. The molecule has 5 heteroatoms. The molecule has 0 spiro atoms. The van der Waals surface area contributed by atoms with Crippen molar-refractivity contribution in [2.75, 3.05) is 13.1 Å². The number of nitrogens with zero attached hydrogens (tertiary/aromatic N) is 4. The van der Waals surface area contributed by atoms with Gasteiger partial charge < -0.3 is 9.47 Å². The highest BCUT2D eigenvalue weighted by molar-refractivity contribution is 5.76. The van der Waals surface area contributed by atoms with Gasteiger partial charge in [-0.05, 0) is 44.4 Å². The van der Waals surface area contributed by atoms with E-state index in [4.69, 9.17) is 0 Å². The van der Waals surface area contributed by atoms with Crippen molar-refractivity contribution in [2.24, 2.45) is 0 Å². The van der Waals surface area contributed by atoms with E-state index in [0.717, 1.165) is 25.9 Å². The van der Waals surface area contributed by atoms with Gasteiger partial charge in [0.25, 0.3) is 0 Å². The first kappa shape index (κ1) is 14.9. The maximum atomic E-state index is 12.6. The number of piperidine rings is 1. The van der Waals surface area contributed by atoms with Crippen LogP contribution in [-0.4, -0.2) is 38.2 Å². The lowest BCUT2D eigenvalue weighted by Gasteiger charge is -2.33. The largest absolute Gasteiger partial charge is 0.351 e. The summed E-state index contributed by atoms with van der Waals surface area (Å²) in [5.74, 6) is 0.245. The Morgan fingerprint density at radius 2 is 2.18 bits per heavy atom. The average molecular weight is 300 g/mol. The summed E-state index contributed by atoms with van der Waals surface area (Å²) in [4.78, 5) is 14.6. The number of likely N-dealkylation sites (tertiary alicyclic amines) is 1. The fraction of sp³-hybridized carbons (Fsp3) is 0.529. The van der Waals surface area contributed by atoms with Crippen LogP contribution in [0.2, 0.25) is 0 Å². The number of carbonyl (C=O) groups is 1. The maximum absolute atomic E-state index is 12.6. The second kappa shape index (κ2) is 6.38. The highest BCUT2D eigenvalue weighted by Gasteiger charge is 2.26. The van der Waals surface area contributed by atoms with Crippen molar-refractivity contribution in [2.45, 2.75) is 45.2 Å². The first-order valence-electron chi connectivity index (χ1n) is 8.04. The zero-order valence-corrected chi connectivity index (χ0v) is 13.4. The van der Waals surface area contributed by atoms with E-state index in [2.05, 4.69) is 22.8 Å². The van der Waals surface area contributed by atoms with Gasteiger partial charge in [0, 0.05) is 44.1 Å². The molecule has 1 saturated heterocycles. The van der Waals surface area contributed by atoms with Gasteiger partial charge >= 0.3 is 0 Å². The summed E-state index contributed by atoms with van der Waals surface area (Å²) in [6.45, 7) is 5.79. The Morgan fingerprint density at radius 1 is 1.41 bits per heavy atom. The van der Waals surface area contributed by atoms with Crippen LogP contribution in [0.15, 0.2) is 36.9 Å². The molecular weight excluding hydrogens is 276 g/mol. The van der Waals surface area contributed by atoms with Crippen LogP contribution in [0.3, 0.4) is 0 Å². The smallest absolute Gasteiger partial charge is 0.224 e. The van der Waals surface area contributed by atoms with Crippen molar-refractivity contribution in [3.8, 4) is 0 Å². The van der Waals surface area contributed by atoms with Crippen LogP contribution in [0.5, 0.6) is 0 Å². The monoisotopic (exact) mass is 300 g/mol. The number of aromatic nitrogens is 3. The first-order chi connectivity index (χ1) is 10.6. The van der Waals surface area contributed by atoms with Gasteiger partial charge in [-0.25, -0.2) is 0 Å². The van der Waals surface area contributed by atoms with Gasteiger partial charge in [0.05, 0.1) is 12.2 Å². The molecule has 1 aliphatic heterocycles. The number of aryl methyl sites for hydroxylation is 1. The van der Waals surface area contributed by atoms with Crippen LogP contribution in [0.25, 0.3) is 0 Å². The quantitative estimate of drug-likeness (QED) is 0.871. The topological polar surface area (TPSA) is 43.1 Å². The third-order valence-corrected chi connectivity index (χ3v) is 4.46. The van der Waals surface area contributed by atoms with Gasteiger partial charge in [-0.2, -0.15) is 5.10 Å². The average Bonchev–Trinajstić information content (AvgIpc) is 3.18. The van der Waals surface area contributed by atoms with Crippen molar-refractivity contribution >= 4 is 5.91 Å². The second-order valence-electron chi connectivity index (χ2n) is 6.32. The van der Waals surface area contributed by atoms with Crippen molar-refractivity contribution in [1.29, 1.82) is 0 Å². The molecule has 0 bridgehead atoms. The SMILES string of the molecule is Cc1cnn([C@@H]2CCCN(C(=O)C[C@H](C)n3cccc3)C2)c1. The van der Waals surface area contributed by atoms with Crippen molar-refractivity contribution < 1.29 is 4.79 Å². The predicted molar refractivity (Wildman–Crippen MR) is 85.6 cm³/mol. The summed E-state index contributed by atoms with van der Waals surface area (Å²) < 4.78 is 4.11. The third kappa shape index (κ3) is 3.24. The van der Waals surface area contributed by atoms with Gasteiger partial charge in [-0.1, -0.05) is 0 Å². The standard InChI is InChI=1S/C17H24N4O/c1-14-11-18-21(12-14)16-6-5-9-20(13-16)17(22)10-15(2)19-7-3-4-8-19/h3-4,7-8,11-12,15-16H,5-6,9-10,13H2,1-2H3/t15-,16+/m0/s1. The highest BCUT2D eigenvalue weighted by atomic mass is 16.2. The lowest BCUT2D eigenvalue weighted by Crippen LogP contribution is -2.41. The number of hydrogen-bond donors (Lipinski definition) is 0. The Balaban J connectivity index is 1.60. The fourth-order valence-corrected chi connectivity index (χ4v) is 3.16. The van der Waals surface area contributed by atoms with Crippen LogP contribution >= 0.6 is 0 Å². The molecule has 1 fully saturated rings. The molecule has 0 aliphatic carbocycles. The van der Waals surface area contributed by atoms with E-state index in [-0.39, 0.29) is 11.9 Å². The van der Waals surface area contributed by atoms with Crippen LogP contribution in [0.4, 0.5) is 0 Å². The minimum Gasteiger partial charge on any atom is -0.351 e. The van der Waals surface area contributed by atoms with Gasteiger partial charge in [0.2, 0.25) is 5.91 Å². The molecule has 5 nitrogen and oxygen atoms in total. The van der Waals surface area contributed by atoms with E-state index in [1.165, 1.54) is 5.56 Å². The summed E-state index contributed by atoms with van der Waals surface area (Å²) >= 11 is 0. The van der Waals surface area contributed by atoms with Crippen LogP contribution in [0.1, 0.15) is 43.8 Å². The molecule has 2 aromatic heterocycles. The molecule has 2 atom stereocenters. The number of amides is 1. The van der Waals surface area contributed by atoms with Crippen LogP contribution in [-0.2, 0) is 4.79 Å². The predicted octanol–water partition coefficient (Wildman–Crippen LogP) is 2.81. The second-order valence-corrected chi connectivity index (χ2v) is 6.32. The Labute approximate surface area is 131 Å². The normalized spacial score (nSPS) is 20.1. The molecule has 3 heterocycles. The fourth-order valence-electron chi connectivity index (χ4n) is 3.16. The van der Waals surface area contributed by atoms with Gasteiger partial charge in [0.1, 0.15) is 0 Å². The van der Waals surface area contributed by atoms with E-state index in [1.54, 1.807) is 0 Å². The summed E-state index contributed by atoms with van der Waals surface area (Å²) in [6.07, 6.45) is 10.7. The van der Waals surface area contributed by atoms with Crippen LogP contribution < -0.4 is 0 Å². The molecule has 0 unspecified atom stereocenters. The first-order valence-corrected chi connectivity index (χ1v) is 8.04. The number of hydrogen-bond acceptors (Lipinski definition) is 2. The molecule has 2 aromatic rings. The van der Waals surface area contributed by atoms with E-state index < -0.39 is 0 Å². The van der Waals surface area contributed by atoms with E-state index >= 15 is 0 Å². The molecule has 3 rings (SSSR count). The van der Waals surface area contributed by atoms with Gasteiger partial charge in [-0.15, -0.1) is 0 Å². The summed E-state index contributed by atoms with van der Waals surface area (Å²) in [5.41, 5.74) is 1.17. The summed E-state index contributed by atoms with van der Waals surface area (Å²) in [5, 5.41) is 4.41. The van der Waals surface area contributed by atoms with E-state index in [9.17, 15) is 4.79 Å². The molecule has 1 amide bonds. The van der Waals surface area contributed by atoms with Crippen molar-refractivity contribution in [1.82, 2.24) is 19.2 Å². The molecule has 1 aliphatic rings. The Morgan fingerprint density at radius 3 is 2.86 bits per heavy atom. The minimum absolute atomic E-state index is 0.204. The molecule has 0 N–H and O–H groups in total.